The van der Waals surface area contributed by atoms with Crippen LogP contribution in [-0.2, 0) is 26.2 Å². The fourth-order valence-electron chi connectivity index (χ4n) is 4.10. The zero-order valence-corrected chi connectivity index (χ0v) is 22.7. The van der Waals surface area contributed by atoms with E-state index in [1.165, 1.54) is 17.0 Å². The fourth-order valence-corrected chi connectivity index (χ4v) is 6.18. The van der Waals surface area contributed by atoms with Gasteiger partial charge >= 0.3 is 0 Å². The van der Waals surface area contributed by atoms with Crippen molar-refractivity contribution >= 4 is 50.9 Å². The molecule has 0 saturated carbocycles. The molecular formula is C25H29Cl2N3O5S. The van der Waals surface area contributed by atoms with Crippen LogP contribution in [-0.4, -0.2) is 54.0 Å². The molecule has 3 amide bonds. The van der Waals surface area contributed by atoms with Gasteiger partial charge < -0.3 is 10.2 Å². The molecule has 0 spiro atoms. The SMILES string of the molecule is CC[C@@H](C(=O)NC(C)C)N(Cc1ccc(Cl)cc1Cl)C(=O)CCCN1C(=O)c2ccccc2S1(=O)=O. The molecule has 0 saturated heterocycles. The number of rotatable bonds is 10. The average molecular weight is 554 g/mol. The number of carbonyl (C=O) groups excluding carboxylic acids is 3. The minimum absolute atomic E-state index is 0.0308. The van der Waals surface area contributed by atoms with Crippen LogP contribution in [0.1, 0.15) is 56.0 Å². The van der Waals surface area contributed by atoms with Gasteiger partial charge in [0.15, 0.2) is 0 Å². The van der Waals surface area contributed by atoms with Crippen molar-refractivity contribution in [3.05, 3.63) is 63.6 Å². The third-order valence-corrected chi connectivity index (χ3v) is 8.26. The van der Waals surface area contributed by atoms with E-state index < -0.39 is 22.0 Å². The Bertz CT molecular complexity index is 1270. The van der Waals surface area contributed by atoms with E-state index in [0.29, 0.717) is 22.0 Å². The highest BCUT2D eigenvalue weighted by molar-refractivity contribution is 7.90. The number of benzene rings is 2. The number of hydrogen-bond acceptors (Lipinski definition) is 5. The van der Waals surface area contributed by atoms with Crippen molar-refractivity contribution in [2.75, 3.05) is 6.54 Å². The lowest BCUT2D eigenvalue weighted by Gasteiger charge is -2.31. The van der Waals surface area contributed by atoms with Crippen LogP contribution < -0.4 is 5.32 Å². The Morgan fingerprint density at radius 2 is 1.81 bits per heavy atom. The van der Waals surface area contributed by atoms with Crippen LogP contribution in [0, 0.1) is 0 Å². The van der Waals surface area contributed by atoms with Gasteiger partial charge in [-0.2, -0.15) is 0 Å². The van der Waals surface area contributed by atoms with Gasteiger partial charge in [0, 0.05) is 35.6 Å². The van der Waals surface area contributed by atoms with E-state index in [1.54, 1.807) is 37.3 Å². The molecule has 1 N–H and O–H groups in total. The van der Waals surface area contributed by atoms with Crippen LogP contribution in [0.25, 0.3) is 0 Å². The van der Waals surface area contributed by atoms with Gasteiger partial charge in [-0.15, -0.1) is 0 Å². The molecule has 2 aromatic rings. The van der Waals surface area contributed by atoms with Crippen LogP contribution in [0.3, 0.4) is 0 Å². The van der Waals surface area contributed by atoms with E-state index in [-0.39, 0.29) is 54.2 Å². The summed E-state index contributed by atoms with van der Waals surface area (Å²) in [5, 5.41) is 3.66. The van der Waals surface area contributed by atoms with Crippen molar-refractivity contribution in [2.24, 2.45) is 0 Å². The molecule has 3 rings (SSSR count). The van der Waals surface area contributed by atoms with Gasteiger partial charge in [0.2, 0.25) is 11.8 Å². The Morgan fingerprint density at radius 1 is 1.11 bits per heavy atom. The van der Waals surface area contributed by atoms with Gasteiger partial charge in [-0.25, -0.2) is 12.7 Å². The molecule has 0 aliphatic carbocycles. The molecule has 0 aromatic heterocycles. The number of nitrogens with one attached hydrogen (secondary N) is 1. The summed E-state index contributed by atoms with van der Waals surface area (Å²) >= 11 is 12.3. The number of fused-ring (bicyclic) bond motifs is 1. The molecule has 36 heavy (non-hydrogen) atoms. The number of sulfonamides is 1. The first-order chi connectivity index (χ1) is 17.0. The van der Waals surface area contributed by atoms with Gasteiger partial charge in [0.25, 0.3) is 15.9 Å². The Kier molecular flexibility index (Phi) is 9.03. The fraction of sp³-hybridized carbons (Fsp3) is 0.400. The zero-order valence-electron chi connectivity index (χ0n) is 20.3. The number of amides is 3. The Hall–Kier alpha value is -2.62. The third-order valence-electron chi connectivity index (χ3n) is 5.84. The number of nitrogens with zero attached hydrogens (tertiary/aromatic N) is 2. The first-order valence-electron chi connectivity index (χ1n) is 11.7. The van der Waals surface area contributed by atoms with E-state index in [2.05, 4.69) is 5.32 Å². The smallest absolute Gasteiger partial charge is 0.269 e. The Balaban J connectivity index is 1.77. The maximum Gasteiger partial charge on any atom is 0.269 e. The highest BCUT2D eigenvalue weighted by atomic mass is 35.5. The molecule has 194 valence electrons. The molecule has 0 fully saturated rings. The second-order valence-corrected chi connectivity index (χ2v) is 11.5. The summed E-state index contributed by atoms with van der Waals surface area (Å²) in [6.45, 7) is 5.40. The largest absolute Gasteiger partial charge is 0.352 e. The maximum atomic E-state index is 13.4. The summed E-state index contributed by atoms with van der Waals surface area (Å²) in [7, 11) is -3.96. The third kappa shape index (κ3) is 6.02. The molecular weight excluding hydrogens is 525 g/mol. The van der Waals surface area contributed by atoms with Gasteiger partial charge in [-0.05, 0) is 56.5 Å². The van der Waals surface area contributed by atoms with E-state index in [4.69, 9.17) is 23.2 Å². The normalized spacial score (nSPS) is 15.1. The lowest BCUT2D eigenvalue weighted by atomic mass is 10.1. The maximum absolute atomic E-state index is 13.4. The molecule has 1 heterocycles. The first kappa shape index (κ1) is 28.0. The molecule has 8 nitrogen and oxygen atoms in total. The van der Waals surface area contributed by atoms with Gasteiger partial charge in [0.1, 0.15) is 10.9 Å². The highest BCUT2D eigenvalue weighted by Gasteiger charge is 2.40. The van der Waals surface area contributed by atoms with Crippen molar-refractivity contribution < 1.29 is 22.8 Å². The summed E-state index contributed by atoms with van der Waals surface area (Å²) in [5.74, 6) is -1.25. The van der Waals surface area contributed by atoms with Crippen LogP contribution >= 0.6 is 23.2 Å². The minimum atomic E-state index is -3.96. The summed E-state index contributed by atoms with van der Waals surface area (Å²) in [4.78, 5) is 40.3. The average Bonchev–Trinajstić information content (AvgIpc) is 3.00. The van der Waals surface area contributed by atoms with Crippen molar-refractivity contribution in [2.45, 2.75) is 63.6 Å². The van der Waals surface area contributed by atoms with E-state index >= 15 is 0 Å². The molecule has 0 bridgehead atoms. The number of halogens is 2. The predicted octanol–water partition coefficient (Wildman–Crippen LogP) is 4.25. The van der Waals surface area contributed by atoms with Gasteiger partial charge in [-0.1, -0.05) is 48.3 Å². The summed E-state index contributed by atoms with van der Waals surface area (Å²) in [5.41, 5.74) is 0.747. The minimum Gasteiger partial charge on any atom is -0.352 e. The summed E-state index contributed by atoms with van der Waals surface area (Å²) in [6, 6.07) is 10.1. The quantitative estimate of drug-likeness (QED) is 0.473. The van der Waals surface area contributed by atoms with E-state index in [0.717, 1.165) is 4.31 Å². The molecule has 11 heteroatoms. The molecule has 1 atom stereocenters. The lowest BCUT2D eigenvalue weighted by Crippen LogP contribution is -2.50. The summed E-state index contributed by atoms with van der Waals surface area (Å²) < 4.78 is 26.4. The highest BCUT2D eigenvalue weighted by Crippen LogP contribution is 2.30. The van der Waals surface area contributed by atoms with Crippen LogP contribution in [0.15, 0.2) is 47.4 Å². The standard InChI is InChI=1S/C25H29Cl2N3O5S/c1-4-21(24(32)28-16(2)3)29(15-17-11-12-18(26)14-20(17)27)23(31)10-7-13-30-25(33)19-8-5-6-9-22(19)36(30,34)35/h5-6,8-9,11-12,14,16,21H,4,7,10,13,15H2,1-3H3,(H,28,32)/t21-/m0/s1. The second kappa shape index (κ2) is 11.6. The molecule has 0 unspecified atom stereocenters. The first-order valence-corrected chi connectivity index (χ1v) is 13.9. The molecule has 2 aromatic carbocycles. The molecule has 1 aliphatic rings. The molecule has 0 radical (unpaired) electrons. The topological polar surface area (TPSA) is 104 Å². The Labute approximate surface area is 221 Å². The van der Waals surface area contributed by atoms with Crippen molar-refractivity contribution in [3.63, 3.8) is 0 Å². The van der Waals surface area contributed by atoms with E-state index in [1.807, 2.05) is 13.8 Å². The van der Waals surface area contributed by atoms with E-state index in [9.17, 15) is 22.8 Å². The lowest BCUT2D eigenvalue weighted by molar-refractivity contribution is -0.141. The Morgan fingerprint density at radius 3 is 2.42 bits per heavy atom. The summed E-state index contributed by atoms with van der Waals surface area (Å²) in [6.07, 6.45) is 0.404. The van der Waals surface area contributed by atoms with Gasteiger partial charge in [0.05, 0.1) is 5.56 Å². The number of hydrogen-bond donors (Lipinski definition) is 1. The van der Waals surface area contributed by atoms with Crippen LogP contribution in [0.5, 0.6) is 0 Å². The molecule has 1 aliphatic heterocycles. The zero-order chi connectivity index (χ0) is 26.6. The van der Waals surface area contributed by atoms with Crippen molar-refractivity contribution in [3.8, 4) is 0 Å². The second-order valence-electron chi connectivity index (χ2n) is 8.83. The van der Waals surface area contributed by atoms with Crippen LogP contribution in [0.4, 0.5) is 0 Å². The van der Waals surface area contributed by atoms with Crippen molar-refractivity contribution in [1.82, 2.24) is 14.5 Å². The van der Waals surface area contributed by atoms with Crippen LogP contribution in [0.2, 0.25) is 10.0 Å². The van der Waals surface area contributed by atoms with Gasteiger partial charge in [-0.3, -0.25) is 14.4 Å². The number of carbonyl (C=O) groups is 3. The van der Waals surface area contributed by atoms with Crippen molar-refractivity contribution in [1.29, 1.82) is 0 Å². The predicted molar refractivity (Wildman–Crippen MR) is 138 cm³/mol. The monoisotopic (exact) mass is 553 g/mol.